The molecule has 1 aliphatic rings. The molecule has 0 spiro atoms. The van der Waals surface area contributed by atoms with E-state index in [2.05, 4.69) is 16.0 Å². The zero-order valence-corrected chi connectivity index (χ0v) is 17.1. The van der Waals surface area contributed by atoms with Crippen LogP contribution in [-0.2, 0) is 4.79 Å². The minimum atomic E-state index is -0.294. The quantitative estimate of drug-likeness (QED) is 0.540. The average molecular weight is 413 g/mol. The number of rotatable bonds is 6. The molecule has 0 aromatic heterocycles. The summed E-state index contributed by atoms with van der Waals surface area (Å²) in [5.41, 5.74) is 3.64. The predicted octanol–water partition coefficient (Wildman–Crippen LogP) is 4.85. The van der Waals surface area contributed by atoms with E-state index in [0.29, 0.717) is 28.2 Å². The van der Waals surface area contributed by atoms with E-state index in [-0.39, 0.29) is 23.6 Å². The molecule has 1 fully saturated rings. The second-order valence-electron chi connectivity index (χ2n) is 7.65. The Labute approximate surface area is 180 Å². The first-order chi connectivity index (χ1) is 15.0. The molecule has 0 saturated heterocycles. The molecule has 0 unspecified atom stereocenters. The van der Waals surface area contributed by atoms with Gasteiger partial charge in [-0.15, -0.1) is 0 Å². The molecule has 0 aliphatic heterocycles. The zero-order valence-electron chi connectivity index (χ0n) is 17.1. The Kier molecular flexibility index (Phi) is 5.80. The van der Waals surface area contributed by atoms with Crippen molar-refractivity contribution in [3.8, 4) is 0 Å². The van der Waals surface area contributed by atoms with Gasteiger partial charge in [0, 0.05) is 34.1 Å². The number of nitrogens with one attached hydrogen (secondary N) is 3. The summed E-state index contributed by atoms with van der Waals surface area (Å²) >= 11 is 0. The van der Waals surface area contributed by atoms with Gasteiger partial charge in [-0.2, -0.15) is 0 Å². The van der Waals surface area contributed by atoms with Crippen LogP contribution < -0.4 is 16.0 Å². The van der Waals surface area contributed by atoms with Crippen molar-refractivity contribution in [3.63, 3.8) is 0 Å². The van der Waals surface area contributed by atoms with Gasteiger partial charge in [0.1, 0.15) is 0 Å². The molecular formula is C25H23N3O3. The highest BCUT2D eigenvalue weighted by Crippen LogP contribution is 2.30. The van der Waals surface area contributed by atoms with Crippen molar-refractivity contribution >= 4 is 34.8 Å². The number of carbonyl (C=O) groups is 3. The number of aryl methyl sites for hydroxylation is 1. The molecule has 3 amide bonds. The van der Waals surface area contributed by atoms with Gasteiger partial charge in [-0.05, 0) is 67.8 Å². The van der Waals surface area contributed by atoms with Gasteiger partial charge in [0.25, 0.3) is 11.8 Å². The molecule has 6 nitrogen and oxygen atoms in total. The number of hydrogen-bond donors (Lipinski definition) is 3. The van der Waals surface area contributed by atoms with Crippen LogP contribution >= 0.6 is 0 Å². The normalized spacial score (nSPS) is 12.7. The van der Waals surface area contributed by atoms with Crippen molar-refractivity contribution in [2.45, 2.75) is 19.8 Å². The van der Waals surface area contributed by atoms with Crippen LogP contribution in [0.2, 0.25) is 0 Å². The van der Waals surface area contributed by atoms with Crippen molar-refractivity contribution in [1.82, 2.24) is 0 Å². The minimum Gasteiger partial charge on any atom is -0.326 e. The molecule has 4 rings (SSSR count). The lowest BCUT2D eigenvalue weighted by molar-refractivity contribution is -0.117. The molecule has 3 aromatic carbocycles. The average Bonchev–Trinajstić information content (AvgIpc) is 3.62. The number of carbonyl (C=O) groups excluding carboxylic acids is 3. The molecule has 0 bridgehead atoms. The summed E-state index contributed by atoms with van der Waals surface area (Å²) in [5, 5.41) is 8.60. The predicted molar refractivity (Wildman–Crippen MR) is 121 cm³/mol. The molecule has 0 heterocycles. The molecule has 3 N–H and O–H groups in total. The summed E-state index contributed by atoms with van der Waals surface area (Å²) < 4.78 is 0. The van der Waals surface area contributed by atoms with Gasteiger partial charge in [0.15, 0.2) is 0 Å². The first-order valence-electron chi connectivity index (χ1n) is 10.2. The van der Waals surface area contributed by atoms with Crippen molar-refractivity contribution in [2.24, 2.45) is 5.92 Å². The molecule has 6 heteroatoms. The topological polar surface area (TPSA) is 87.3 Å². The van der Waals surface area contributed by atoms with E-state index in [1.165, 1.54) is 0 Å². The van der Waals surface area contributed by atoms with Crippen molar-refractivity contribution < 1.29 is 14.4 Å². The lowest BCUT2D eigenvalue weighted by Gasteiger charge is -2.12. The van der Waals surface area contributed by atoms with Gasteiger partial charge >= 0.3 is 0 Å². The number of benzene rings is 3. The van der Waals surface area contributed by atoms with Gasteiger partial charge in [-0.1, -0.05) is 30.3 Å². The van der Waals surface area contributed by atoms with Crippen LogP contribution in [0.5, 0.6) is 0 Å². The third-order valence-electron chi connectivity index (χ3n) is 5.12. The third-order valence-corrected chi connectivity index (χ3v) is 5.12. The van der Waals surface area contributed by atoms with E-state index in [1.807, 2.05) is 19.1 Å². The van der Waals surface area contributed by atoms with Crippen LogP contribution in [0.4, 0.5) is 17.1 Å². The molecule has 0 atom stereocenters. The maximum Gasteiger partial charge on any atom is 0.255 e. The van der Waals surface area contributed by atoms with Crippen LogP contribution in [0.25, 0.3) is 0 Å². The maximum absolute atomic E-state index is 12.8. The molecular weight excluding hydrogens is 390 g/mol. The lowest BCUT2D eigenvalue weighted by Crippen LogP contribution is -2.16. The SMILES string of the molecule is Cc1ccc(NC(=O)c2ccccc2)cc1NC(=O)c1cccc(NC(=O)C2CC2)c1. The van der Waals surface area contributed by atoms with E-state index in [0.717, 1.165) is 18.4 Å². The standard InChI is InChI=1S/C25H23N3O3/c1-16-10-13-21(27-23(29)17-6-3-2-4-7-17)15-22(16)28-25(31)19-8-5-9-20(14-19)26-24(30)18-11-12-18/h2-10,13-15,18H,11-12H2,1H3,(H,26,30)(H,27,29)(H,28,31). The zero-order chi connectivity index (χ0) is 21.8. The number of hydrogen-bond acceptors (Lipinski definition) is 3. The third kappa shape index (κ3) is 5.17. The van der Waals surface area contributed by atoms with Crippen molar-refractivity contribution in [3.05, 3.63) is 89.5 Å². The summed E-state index contributed by atoms with van der Waals surface area (Å²) in [6, 6.07) is 21.1. The van der Waals surface area contributed by atoms with E-state index >= 15 is 0 Å². The summed E-state index contributed by atoms with van der Waals surface area (Å²) in [6.45, 7) is 1.88. The van der Waals surface area contributed by atoms with E-state index < -0.39 is 0 Å². The largest absolute Gasteiger partial charge is 0.326 e. The summed E-state index contributed by atoms with van der Waals surface area (Å²) in [4.78, 5) is 37.2. The Morgan fingerprint density at radius 2 is 1.39 bits per heavy atom. The van der Waals surface area contributed by atoms with Gasteiger partial charge in [0.2, 0.25) is 5.91 Å². The summed E-state index contributed by atoms with van der Waals surface area (Å²) in [7, 11) is 0. The fourth-order valence-corrected chi connectivity index (χ4v) is 3.15. The molecule has 1 saturated carbocycles. The first-order valence-corrected chi connectivity index (χ1v) is 10.2. The highest BCUT2D eigenvalue weighted by atomic mass is 16.2. The van der Waals surface area contributed by atoms with Gasteiger partial charge in [0.05, 0.1) is 0 Å². The first kappa shape index (κ1) is 20.3. The van der Waals surface area contributed by atoms with Crippen molar-refractivity contribution in [2.75, 3.05) is 16.0 Å². The number of anilines is 3. The molecule has 1 aliphatic carbocycles. The van der Waals surface area contributed by atoms with E-state index in [9.17, 15) is 14.4 Å². The molecule has 31 heavy (non-hydrogen) atoms. The molecule has 3 aromatic rings. The Bertz CT molecular complexity index is 1140. The van der Waals surface area contributed by atoms with Crippen LogP contribution in [0.3, 0.4) is 0 Å². The smallest absolute Gasteiger partial charge is 0.255 e. The Hall–Kier alpha value is -3.93. The second-order valence-corrected chi connectivity index (χ2v) is 7.65. The highest BCUT2D eigenvalue weighted by Gasteiger charge is 2.29. The van der Waals surface area contributed by atoms with Crippen LogP contribution in [0.15, 0.2) is 72.8 Å². The summed E-state index contributed by atoms with van der Waals surface area (Å²) in [6.07, 6.45) is 1.84. The fourth-order valence-electron chi connectivity index (χ4n) is 3.15. The molecule has 0 radical (unpaired) electrons. The van der Waals surface area contributed by atoms with Gasteiger partial charge in [-0.3, -0.25) is 14.4 Å². The minimum absolute atomic E-state index is 0.00439. The van der Waals surface area contributed by atoms with Crippen LogP contribution in [0.1, 0.15) is 39.1 Å². The van der Waals surface area contributed by atoms with Crippen LogP contribution in [0, 0.1) is 12.8 Å². The molecule has 156 valence electrons. The van der Waals surface area contributed by atoms with Crippen LogP contribution in [-0.4, -0.2) is 17.7 Å². The van der Waals surface area contributed by atoms with Crippen molar-refractivity contribution in [1.29, 1.82) is 0 Å². The van der Waals surface area contributed by atoms with E-state index in [1.54, 1.807) is 60.7 Å². The second kappa shape index (κ2) is 8.83. The summed E-state index contributed by atoms with van der Waals surface area (Å²) in [5.74, 6) is -0.428. The van der Waals surface area contributed by atoms with E-state index in [4.69, 9.17) is 0 Å². The monoisotopic (exact) mass is 413 g/mol. The number of amides is 3. The van der Waals surface area contributed by atoms with Gasteiger partial charge in [-0.25, -0.2) is 0 Å². The fraction of sp³-hybridized carbons (Fsp3) is 0.160. The van der Waals surface area contributed by atoms with Gasteiger partial charge < -0.3 is 16.0 Å². The lowest BCUT2D eigenvalue weighted by atomic mass is 10.1. The maximum atomic E-state index is 12.8. The Balaban J connectivity index is 1.46. The highest BCUT2D eigenvalue weighted by molar-refractivity contribution is 6.07. The Morgan fingerprint density at radius 3 is 2.13 bits per heavy atom. The Morgan fingerprint density at radius 1 is 0.710 bits per heavy atom.